The van der Waals surface area contributed by atoms with E-state index in [9.17, 15) is 5.11 Å². The average Bonchev–Trinajstić information content (AvgIpc) is 2.88. The van der Waals surface area contributed by atoms with E-state index in [4.69, 9.17) is 5.73 Å². The van der Waals surface area contributed by atoms with Gasteiger partial charge >= 0.3 is 0 Å². The lowest BCUT2D eigenvalue weighted by Crippen LogP contribution is -2.30. The molecular weight excluding hydrogens is 383 g/mol. The Labute approximate surface area is 137 Å². The van der Waals surface area contributed by atoms with Gasteiger partial charge in [0.1, 0.15) is 3.70 Å². The molecule has 0 spiro atoms. The summed E-state index contributed by atoms with van der Waals surface area (Å²) in [6.07, 6.45) is 3.60. The average molecular weight is 402 g/mol. The third-order valence-corrected chi connectivity index (χ3v) is 3.83. The summed E-state index contributed by atoms with van der Waals surface area (Å²) in [5.41, 5.74) is 6.71. The van der Waals surface area contributed by atoms with Gasteiger partial charge < -0.3 is 16.2 Å². The molecule has 0 fully saturated rings. The number of hydrogen-bond donors (Lipinski definition) is 3. The van der Waals surface area contributed by atoms with Crippen molar-refractivity contribution in [3.05, 3.63) is 22.2 Å². The Bertz CT molecular complexity index is 612. The highest BCUT2D eigenvalue weighted by Crippen LogP contribution is 2.26. The SMILES string of the molecule is CC(C)(CO)n1cc(-c2ccnc(NCCN)n2)c(I)n1. The lowest BCUT2D eigenvalue weighted by Gasteiger charge is -2.22. The quantitative estimate of drug-likeness (QED) is 0.625. The van der Waals surface area contributed by atoms with Crippen LogP contribution in [0.5, 0.6) is 0 Å². The number of aliphatic hydroxyl groups is 1. The highest BCUT2D eigenvalue weighted by molar-refractivity contribution is 14.1. The molecule has 0 radical (unpaired) electrons. The van der Waals surface area contributed by atoms with Crippen LogP contribution in [-0.4, -0.2) is 44.6 Å². The second kappa shape index (κ2) is 6.67. The Hall–Kier alpha value is -1.26. The topological polar surface area (TPSA) is 102 Å². The fraction of sp³-hybridized carbons (Fsp3) is 0.462. The van der Waals surface area contributed by atoms with E-state index in [1.807, 2.05) is 26.1 Å². The molecule has 114 valence electrons. The van der Waals surface area contributed by atoms with Crippen LogP contribution in [0.4, 0.5) is 5.95 Å². The lowest BCUT2D eigenvalue weighted by atomic mass is 10.1. The second-order valence-corrected chi connectivity index (χ2v) is 6.25. The van der Waals surface area contributed by atoms with Crippen molar-refractivity contribution in [2.24, 2.45) is 5.73 Å². The van der Waals surface area contributed by atoms with Crippen LogP contribution in [0.2, 0.25) is 0 Å². The van der Waals surface area contributed by atoms with E-state index in [0.29, 0.717) is 19.0 Å². The molecule has 0 aliphatic rings. The third kappa shape index (κ3) is 3.69. The minimum atomic E-state index is -0.453. The van der Waals surface area contributed by atoms with Gasteiger partial charge in [-0.25, -0.2) is 9.97 Å². The summed E-state index contributed by atoms with van der Waals surface area (Å²) in [6.45, 7) is 5.00. The Kier molecular flexibility index (Phi) is 5.12. The maximum Gasteiger partial charge on any atom is 0.223 e. The molecule has 8 heteroatoms. The molecule has 21 heavy (non-hydrogen) atoms. The largest absolute Gasteiger partial charge is 0.394 e. The zero-order valence-electron chi connectivity index (χ0n) is 12.0. The standard InChI is InChI=1S/C13H19IN6O/c1-13(2,8-21)20-7-9(11(14)19-20)10-3-5-16-12(18-10)17-6-4-15/h3,5,7,21H,4,6,8,15H2,1-2H3,(H,16,17,18). The number of aliphatic hydroxyl groups excluding tert-OH is 1. The molecule has 0 unspecified atom stereocenters. The van der Waals surface area contributed by atoms with E-state index in [1.165, 1.54) is 0 Å². The summed E-state index contributed by atoms with van der Waals surface area (Å²) in [4.78, 5) is 8.62. The summed E-state index contributed by atoms with van der Waals surface area (Å²) >= 11 is 2.17. The molecule has 2 heterocycles. The molecule has 0 bridgehead atoms. The van der Waals surface area contributed by atoms with Gasteiger partial charge in [-0.15, -0.1) is 0 Å². The molecule has 0 aromatic carbocycles. The lowest BCUT2D eigenvalue weighted by molar-refractivity contribution is 0.152. The monoisotopic (exact) mass is 402 g/mol. The Morgan fingerprint density at radius 3 is 2.90 bits per heavy atom. The highest BCUT2D eigenvalue weighted by Gasteiger charge is 2.22. The Balaban J connectivity index is 2.34. The minimum Gasteiger partial charge on any atom is -0.394 e. The van der Waals surface area contributed by atoms with Crippen LogP contribution in [0.3, 0.4) is 0 Å². The van der Waals surface area contributed by atoms with E-state index in [2.05, 4.69) is 43.0 Å². The van der Waals surface area contributed by atoms with E-state index in [1.54, 1.807) is 10.9 Å². The maximum absolute atomic E-state index is 9.45. The van der Waals surface area contributed by atoms with Crippen LogP contribution in [-0.2, 0) is 5.54 Å². The molecule has 2 rings (SSSR count). The first-order valence-corrected chi connectivity index (χ1v) is 7.69. The first kappa shape index (κ1) is 16.1. The van der Waals surface area contributed by atoms with E-state index in [0.717, 1.165) is 15.0 Å². The number of halogens is 1. The predicted octanol–water partition coefficient (Wildman–Crippen LogP) is 1.04. The Morgan fingerprint density at radius 2 is 2.24 bits per heavy atom. The minimum absolute atomic E-state index is 0.0112. The number of rotatable bonds is 6. The fourth-order valence-electron chi connectivity index (χ4n) is 1.69. The van der Waals surface area contributed by atoms with Crippen LogP contribution in [0.25, 0.3) is 11.3 Å². The van der Waals surface area contributed by atoms with Crippen LogP contribution in [0.15, 0.2) is 18.5 Å². The summed E-state index contributed by atoms with van der Waals surface area (Å²) in [7, 11) is 0. The van der Waals surface area contributed by atoms with Gasteiger partial charge in [-0.05, 0) is 42.5 Å². The number of nitrogens with two attached hydrogens (primary N) is 1. The number of aromatic nitrogens is 4. The number of nitrogens with one attached hydrogen (secondary N) is 1. The molecule has 0 atom stereocenters. The molecule has 0 aliphatic carbocycles. The van der Waals surface area contributed by atoms with Gasteiger partial charge in [-0.3, -0.25) is 4.68 Å². The molecule has 0 aliphatic heterocycles. The van der Waals surface area contributed by atoms with Gasteiger partial charge in [-0.2, -0.15) is 5.10 Å². The third-order valence-electron chi connectivity index (χ3n) is 3.04. The maximum atomic E-state index is 9.45. The van der Waals surface area contributed by atoms with Gasteiger partial charge in [0.25, 0.3) is 0 Å². The first-order valence-electron chi connectivity index (χ1n) is 6.62. The zero-order chi connectivity index (χ0) is 15.5. The van der Waals surface area contributed by atoms with Crippen LogP contribution in [0, 0.1) is 3.70 Å². The van der Waals surface area contributed by atoms with Crippen molar-refractivity contribution in [1.82, 2.24) is 19.7 Å². The second-order valence-electron chi connectivity index (χ2n) is 5.23. The molecule has 0 amide bonds. The van der Waals surface area contributed by atoms with Crippen molar-refractivity contribution < 1.29 is 5.11 Å². The number of nitrogens with zero attached hydrogens (tertiary/aromatic N) is 4. The molecule has 0 saturated heterocycles. The van der Waals surface area contributed by atoms with Crippen molar-refractivity contribution >= 4 is 28.5 Å². The summed E-state index contributed by atoms with van der Waals surface area (Å²) in [5, 5.41) is 17.0. The highest BCUT2D eigenvalue weighted by atomic mass is 127. The molecule has 4 N–H and O–H groups in total. The number of hydrogen-bond acceptors (Lipinski definition) is 6. The van der Waals surface area contributed by atoms with Crippen molar-refractivity contribution in [3.8, 4) is 11.3 Å². The summed E-state index contributed by atoms with van der Waals surface area (Å²) < 4.78 is 2.59. The molecule has 0 saturated carbocycles. The van der Waals surface area contributed by atoms with E-state index >= 15 is 0 Å². The van der Waals surface area contributed by atoms with Gasteiger partial charge in [0.05, 0.1) is 23.4 Å². The molecule has 2 aromatic rings. The molecule has 2 aromatic heterocycles. The van der Waals surface area contributed by atoms with Crippen molar-refractivity contribution in [3.63, 3.8) is 0 Å². The summed E-state index contributed by atoms with van der Waals surface area (Å²) in [6, 6.07) is 1.84. The first-order chi connectivity index (χ1) is 9.97. The van der Waals surface area contributed by atoms with Gasteiger partial charge in [0.15, 0.2) is 0 Å². The van der Waals surface area contributed by atoms with Gasteiger partial charge in [-0.1, -0.05) is 0 Å². The zero-order valence-corrected chi connectivity index (χ0v) is 14.2. The normalized spacial score (nSPS) is 11.7. The van der Waals surface area contributed by atoms with Crippen LogP contribution >= 0.6 is 22.6 Å². The molecule has 7 nitrogen and oxygen atoms in total. The van der Waals surface area contributed by atoms with Crippen molar-refractivity contribution in [1.29, 1.82) is 0 Å². The van der Waals surface area contributed by atoms with E-state index < -0.39 is 5.54 Å². The van der Waals surface area contributed by atoms with E-state index in [-0.39, 0.29) is 6.61 Å². The fourth-order valence-corrected chi connectivity index (χ4v) is 2.33. The smallest absolute Gasteiger partial charge is 0.223 e. The van der Waals surface area contributed by atoms with Crippen molar-refractivity contribution in [2.45, 2.75) is 19.4 Å². The summed E-state index contributed by atoms with van der Waals surface area (Å²) in [5.74, 6) is 0.544. The van der Waals surface area contributed by atoms with Crippen molar-refractivity contribution in [2.75, 3.05) is 25.0 Å². The predicted molar refractivity (Wildman–Crippen MR) is 89.9 cm³/mol. The van der Waals surface area contributed by atoms with Gasteiger partial charge in [0, 0.05) is 25.5 Å². The molecular formula is C13H19IN6O. The number of anilines is 1. The van der Waals surface area contributed by atoms with Crippen LogP contribution < -0.4 is 11.1 Å². The van der Waals surface area contributed by atoms with Gasteiger partial charge in [0.2, 0.25) is 5.95 Å². The Morgan fingerprint density at radius 1 is 1.48 bits per heavy atom. The van der Waals surface area contributed by atoms with Crippen LogP contribution in [0.1, 0.15) is 13.8 Å².